The maximum Gasteiger partial charge on any atom is 0.356 e. The molecule has 0 amide bonds. The van der Waals surface area contributed by atoms with E-state index in [4.69, 9.17) is 27.9 Å². The molecule has 0 spiro atoms. The van der Waals surface area contributed by atoms with Crippen molar-refractivity contribution in [1.82, 2.24) is 9.78 Å². The molecule has 0 aliphatic carbocycles. The van der Waals surface area contributed by atoms with Crippen LogP contribution in [0, 0.1) is 0 Å². The Balaban J connectivity index is 2.31. The molecular weight excluding hydrogens is 335 g/mol. The van der Waals surface area contributed by atoms with Crippen molar-refractivity contribution >= 4 is 40.1 Å². The molecule has 0 saturated carbocycles. The van der Waals surface area contributed by atoms with Crippen LogP contribution >= 0.6 is 23.2 Å². The Morgan fingerprint density at radius 1 is 1.22 bits per heavy atom. The van der Waals surface area contributed by atoms with E-state index in [1.807, 2.05) is 31.2 Å². The van der Waals surface area contributed by atoms with E-state index < -0.39 is 5.97 Å². The quantitative estimate of drug-likeness (QED) is 0.637. The van der Waals surface area contributed by atoms with E-state index in [0.717, 1.165) is 16.5 Å². The topological polar surface area (TPSA) is 44.1 Å². The highest BCUT2D eigenvalue weighted by Crippen LogP contribution is 2.35. The van der Waals surface area contributed by atoms with Gasteiger partial charge in [-0.1, -0.05) is 47.5 Å². The predicted molar refractivity (Wildman–Crippen MR) is 92.2 cm³/mol. The molecule has 6 heteroatoms. The minimum atomic E-state index is -0.409. The van der Waals surface area contributed by atoms with Gasteiger partial charge in [0.15, 0.2) is 5.69 Å². The Morgan fingerprint density at radius 2 is 2.00 bits per heavy atom. The first kappa shape index (κ1) is 15.8. The van der Waals surface area contributed by atoms with Gasteiger partial charge in [0.05, 0.1) is 7.11 Å². The number of rotatable bonds is 3. The molecule has 0 unspecified atom stereocenters. The molecule has 0 N–H and O–H groups in total. The number of hydrogen-bond donors (Lipinski definition) is 0. The molecule has 118 valence electrons. The number of carbonyl (C=O) groups is 1. The van der Waals surface area contributed by atoms with E-state index in [1.165, 1.54) is 7.11 Å². The van der Waals surface area contributed by atoms with Crippen molar-refractivity contribution in [3.05, 3.63) is 52.1 Å². The van der Waals surface area contributed by atoms with E-state index in [9.17, 15) is 4.79 Å². The lowest BCUT2D eigenvalue weighted by Gasteiger charge is -2.06. The number of benzene rings is 2. The van der Waals surface area contributed by atoms with Gasteiger partial charge in [0.2, 0.25) is 0 Å². The van der Waals surface area contributed by atoms with Crippen LogP contribution in [0.1, 0.15) is 17.4 Å². The Labute approximate surface area is 143 Å². The third-order valence-electron chi connectivity index (χ3n) is 3.67. The zero-order valence-corrected chi connectivity index (χ0v) is 14.1. The first-order chi connectivity index (χ1) is 11.1. The van der Waals surface area contributed by atoms with Crippen molar-refractivity contribution < 1.29 is 9.53 Å². The molecule has 0 atom stereocenters. The van der Waals surface area contributed by atoms with Crippen molar-refractivity contribution in [2.45, 2.75) is 13.5 Å². The molecular formula is C17H14Cl2N2O2. The fourth-order valence-corrected chi connectivity index (χ4v) is 3.13. The standard InChI is InChI=1S/C17H14Cl2N2O2/c1-3-21-16(17(22)23-2)13-6-4-5-12(15(13)20-21)11-8-7-10(18)9-14(11)19/h4-9H,3H2,1-2H3. The first-order valence-corrected chi connectivity index (χ1v) is 7.85. The molecule has 2 aromatic carbocycles. The summed E-state index contributed by atoms with van der Waals surface area (Å²) >= 11 is 12.3. The average molecular weight is 349 g/mol. The van der Waals surface area contributed by atoms with Crippen molar-refractivity contribution in [3.8, 4) is 11.1 Å². The molecule has 1 heterocycles. The lowest BCUT2D eigenvalue weighted by atomic mass is 10.0. The van der Waals surface area contributed by atoms with Crippen LogP contribution in [0.5, 0.6) is 0 Å². The summed E-state index contributed by atoms with van der Waals surface area (Å²) in [6, 6.07) is 11.0. The summed E-state index contributed by atoms with van der Waals surface area (Å²) in [5.41, 5.74) is 2.82. The molecule has 23 heavy (non-hydrogen) atoms. The average Bonchev–Trinajstić information content (AvgIpc) is 2.93. The van der Waals surface area contributed by atoms with Crippen LogP contribution in [0.25, 0.3) is 22.0 Å². The van der Waals surface area contributed by atoms with Gasteiger partial charge < -0.3 is 4.74 Å². The van der Waals surface area contributed by atoms with Crippen LogP contribution in [0.15, 0.2) is 36.4 Å². The van der Waals surface area contributed by atoms with Crippen LogP contribution < -0.4 is 0 Å². The van der Waals surface area contributed by atoms with Gasteiger partial charge in [-0.3, -0.25) is 4.68 Å². The summed E-state index contributed by atoms with van der Waals surface area (Å²) in [7, 11) is 1.36. The molecule has 0 bridgehead atoms. The van der Waals surface area contributed by atoms with Crippen molar-refractivity contribution in [2.75, 3.05) is 7.11 Å². The van der Waals surface area contributed by atoms with Crippen molar-refractivity contribution in [2.24, 2.45) is 0 Å². The number of halogens is 2. The van der Waals surface area contributed by atoms with E-state index in [2.05, 4.69) is 5.10 Å². The first-order valence-electron chi connectivity index (χ1n) is 7.10. The normalized spacial score (nSPS) is 11.0. The molecule has 3 aromatic rings. The van der Waals surface area contributed by atoms with Gasteiger partial charge in [0.25, 0.3) is 0 Å². The predicted octanol–water partition coefficient (Wildman–Crippen LogP) is 4.82. The Kier molecular flexibility index (Phi) is 4.28. The van der Waals surface area contributed by atoms with Crippen LogP contribution in [0.4, 0.5) is 0 Å². The molecule has 0 aliphatic rings. The minimum Gasteiger partial charge on any atom is -0.464 e. The number of esters is 1. The summed E-state index contributed by atoms with van der Waals surface area (Å²) in [5, 5.41) is 6.41. The number of aromatic nitrogens is 2. The van der Waals surface area contributed by atoms with Crippen molar-refractivity contribution in [3.63, 3.8) is 0 Å². The summed E-state index contributed by atoms with van der Waals surface area (Å²) < 4.78 is 6.53. The van der Waals surface area contributed by atoms with Crippen LogP contribution in [-0.2, 0) is 11.3 Å². The van der Waals surface area contributed by atoms with Gasteiger partial charge in [0, 0.05) is 33.1 Å². The molecule has 0 fully saturated rings. The summed E-state index contributed by atoms with van der Waals surface area (Å²) in [5.74, 6) is -0.409. The van der Waals surface area contributed by atoms with Gasteiger partial charge in [0.1, 0.15) is 5.52 Å². The monoisotopic (exact) mass is 348 g/mol. The highest BCUT2D eigenvalue weighted by Gasteiger charge is 2.21. The maximum atomic E-state index is 12.1. The minimum absolute atomic E-state index is 0.409. The van der Waals surface area contributed by atoms with Crippen molar-refractivity contribution in [1.29, 1.82) is 0 Å². The smallest absolute Gasteiger partial charge is 0.356 e. The largest absolute Gasteiger partial charge is 0.464 e. The molecule has 0 radical (unpaired) electrons. The van der Waals surface area contributed by atoms with Crippen LogP contribution in [0.3, 0.4) is 0 Å². The second-order valence-electron chi connectivity index (χ2n) is 4.98. The lowest BCUT2D eigenvalue weighted by molar-refractivity contribution is 0.0589. The fourth-order valence-electron chi connectivity index (χ4n) is 2.62. The maximum absolute atomic E-state index is 12.1. The number of aryl methyl sites for hydroxylation is 1. The van der Waals surface area contributed by atoms with Gasteiger partial charge in [-0.25, -0.2) is 4.79 Å². The molecule has 0 saturated heterocycles. The van der Waals surface area contributed by atoms with E-state index in [1.54, 1.807) is 16.8 Å². The summed E-state index contributed by atoms with van der Waals surface area (Å²) in [6.07, 6.45) is 0. The highest BCUT2D eigenvalue weighted by molar-refractivity contribution is 6.36. The highest BCUT2D eigenvalue weighted by atomic mass is 35.5. The Morgan fingerprint density at radius 3 is 2.65 bits per heavy atom. The summed E-state index contributed by atoms with van der Waals surface area (Å²) in [6.45, 7) is 2.49. The number of methoxy groups -OCH3 is 1. The molecule has 1 aromatic heterocycles. The SMILES string of the molecule is CCn1nc2c(-c3ccc(Cl)cc3Cl)cccc2c1C(=O)OC. The zero-order valence-electron chi connectivity index (χ0n) is 12.6. The number of ether oxygens (including phenoxy) is 1. The zero-order chi connectivity index (χ0) is 16.6. The van der Waals surface area contributed by atoms with Crippen LogP contribution in [0.2, 0.25) is 10.0 Å². The van der Waals surface area contributed by atoms with Gasteiger partial charge >= 0.3 is 5.97 Å². The Bertz CT molecular complexity index is 903. The fraction of sp³-hybridized carbons (Fsp3) is 0.176. The lowest BCUT2D eigenvalue weighted by Crippen LogP contribution is -2.10. The van der Waals surface area contributed by atoms with E-state index in [-0.39, 0.29) is 0 Å². The molecule has 3 rings (SSSR count). The summed E-state index contributed by atoms with van der Waals surface area (Å²) in [4.78, 5) is 12.1. The van der Waals surface area contributed by atoms with Gasteiger partial charge in [-0.15, -0.1) is 0 Å². The Hall–Kier alpha value is -2.04. The number of hydrogen-bond acceptors (Lipinski definition) is 3. The van der Waals surface area contributed by atoms with Gasteiger partial charge in [-0.05, 0) is 19.1 Å². The van der Waals surface area contributed by atoms with E-state index >= 15 is 0 Å². The molecule has 4 nitrogen and oxygen atoms in total. The number of fused-ring (bicyclic) bond motifs is 1. The molecule has 0 aliphatic heterocycles. The van der Waals surface area contributed by atoms with E-state index in [0.29, 0.717) is 27.8 Å². The number of carbonyl (C=O) groups excluding carboxylic acids is 1. The second kappa shape index (κ2) is 6.22. The number of nitrogens with zero attached hydrogens (tertiary/aromatic N) is 2. The van der Waals surface area contributed by atoms with Crippen LogP contribution in [-0.4, -0.2) is 22.9 Å². The third kappa shape index (κ3) is 2.69. The van der Waals surface area contributed by atoms with Gasteiger partial charge in [-0.2, -0.15) is 5.10 Å². The third-order valence-corrected chi connectivity index (χ3v) is 4.22. The second-order valence-corrected chi connectivity index (χ2v) is 5.83.